The zero-order valence-corrected chi connectivity index (χ0v) is 14.0. The lowest BCUT2D eigenvalue weighted by molar-refractivity contribution is 0.492. The van der Waals surface area contributed by atoms with Crippen LogP contribution in [0.4, 0.5) is 0 Å². The number of hydrogen-bond donors (Lipinski definition) is 1. The van der Waals surface area contributed by atoms with Crippen molar-refractivity contribution in [2.24, 2.45) is 5.92 Å². The van der Waals surface area contributed by atoms with Gasteiger partial charge in [-0.2, -0.15) is 0 Å². The molecule has 1 heterocycles. The van der Waals surface area contributed by atoms with Gasteiger partial charge in [0.15, 0.2) is 0 Å². The van der Waals surface area contributed by atoms with Gasteiger partial charge in [0.25, 0.3) is 0 Å². The highest BCUT2D eigenvalue weighted by Crippen LogP contribution is 2.35. The molecule has 2 unspecified atom stereocenters. The minimum atomic E-state index is 0.363. The van der Waals surface area contributed by atoms with Crippen LogP contribution in [0.15, 0.2) is 30.3 Å². The summed E-state index contributed by atoms with van der Waals surface area (Å²) in [6.45, 7) is 8.65. The number of rotatable bonds is 8. The second-order valence-corrected chi connectivity index (χ2v) is 6.51. The fraction of sp³-hybridized carbons (Fsp3) is 0.529. The highest BCUT2D eigenvalue weighted by atomic mass is 32.1. The van der Waals surface area contributed by atoms with Crippen LogP contribution in [-0.4, -0.2) is 23.3 Å². The van der Waals surface area contributed by atoms with Crippen LogP contribution in [-0.2, 0) is 6.42 Å². The molecule has 2 rings (SSSR count). The molecule has 0 radical (unpaired) electrons. The standard InChI is InChI=1S/C17H25N3S/c1-4-13(3)16(14-9-7-6-8-10-14)17-20-19-15(21-17)11-12-18-5-2/h6-10,13,16,18H,4-5,11-12H2,1-3H3. The van der Waals surface area contributed by atoms with E-state index in [1.54, 1.807) is 11.3 Å². The highest BCUT2D eigenvalue weighted by molar-refractivity contribution is 7.11. The van der Waals surface area contributed by atoms with Crippen molar-refractivity contribution in [3.8, 4) is 0 Å². The summed E-state index contributed by atoms with van der Waals surface area (Å²) in [6.07, 6.45) is 2.11. The summed E-state index contributed by atoms with van der Waals surface area (Å²) in [4.78, 5) is 0. The zero-order valence-electron chi connectivity index (χ0n) is 13.2. The van der Waals surface area contributed by atoms with Crippen LogP contribution in [0.2, 0.25) is 0 Å². The lowest BCUT2D eigenvalue weighted by Gasteiger charge is -2.20. The number of hydrogen-bond acceptors (Lipinski definition) is 4. The third-order valence-corrected chi connectivity index (χ3v) is 4.95. The van der Waals surface area contributed by atoms with E-state index in [0.29, 0.717) is 11.8 Å². The Hall–Kier alpha value is -1.26. The fourth-order valence-corrected chi connectivity index (χ4v) is 3.58. The average molecular weight is 303 g/mol. The minimum Gasteiger partial charge on any atom is -0.317 e. The van der Waals surface area contributed by atoms with Crippen LogP contribution in [0.5, 0.6) is 0 Å². The van der Waals surface area contributed by atoms with Crippen molar-refractivity contribution in [2.75, 3.05) is 13.1 Å². The highest BCUT2D eigenvalue weighted by Gasteiger charge is 2.23. The molecule has 1 N–H and O–H groups in total. The van der Waals surface area contributed by atoms with Gasteiger partial charge in [0, 0.05) is 18.9 Å². The van der Waals surface area contributed by atoms with Gasteiger partial charge >= 0.3 is 0 Å². The molecule has 0 bridgehead atoms. The quantitative estimate of drug-likeness (QED) is 0.752. The Kier molecular flexibility index (Phi) is 6.33. The second kappa shape index (κ2) is 8.25. The van der Waals surface area contributed by atoms with Crippen LogP contribution < -0.4 is 5.32 Å². The monoisotopic (exact) mass is 303 g/mol. The van der Waals surface area contributed by atoms with Crippen molar-refractivity contribution in [1.29, 1.82) is 0 Å². The van der Waals surface area contributed by atoms with Gasteiger partial charge in [-0.05, 0) is 18.0 Å². The molecule has 0 saturated carbocycles. The number of nitrogens with one attached hydrogen (secondary N) is 1. The Morgan fingerprint density at radius 2 is 1.90 bits per heavy atom. The summed E-state index contributed by atoms with van der Waals surface area (Å²) in [6, 6.07) is 10.7. The molecule has 2 aromatic rings. The first-order chi connectivity index (χ1) is 10.3. The fourth-order valence-electron chi connectivity index (χ4n) is 2.48. The van der Waals surface area contributed by atoms with Gasteiger partial charge in [0.1, 0.15) is 10.0 Å². The maximum atomic E-state index is 4.48. The number of aromatic nitrogens is 2. The van der Waals surface area contributed by atoms with E-state index >= 15 is 0 Å². The lowest BCUT2D eigenvalue weighted by Crippen LogP contribution is -2.15. The van der Waals surface area contributed by atoms with Gasteiger partial charge in [-0.25, -0.2) is 0 Å². The maximum Gasteiger partial charge on any atom is 0.125 e. The van der Waals surface area contributed by atoms with Crippen molar-refractivity contribution in [1.82, 2.24) is 15.5 Å². The average Bonchev–Trinajstić information content (AvgIpc) is 2.97. The van der Waals surface area contributed by atoms with Crippen molar-refractivity contribution in [2.45, 2.75) is 39.5 Å². The molecule has 0 saturated heterocycles. The molecular weight excluding hydrogens is 278 g/mol. The molecule has 21 heavy (non-hydrogen) atoms. The van der Waals surface area contributed by atoms with E-state index in [9.17, 15) is 0 Å². The Morgan fingerprint density at radius 3 is 2.57 bits per heavy atom. The molecule has 0 amide bonds. The van der Waals surface area contributed by atoms with Crippen LogP contribution in [0.25, 0.3) is 0 Å². The summed E-state index contributed by atoms with van der Waals surface area (Å²) in [7, 11) is 0. The smallest absolute Gasteiger partial charge is 0.125 e. The van der Waals surface area contributed by atoms with E-state index in [1.807, 2.05) is 0 Å². The second-order valence-electron chi connectivity index (χ2n) is 5.41. The van der Waals surface area contributed by atoms with Crippen LogP contribution in [0.3, 0.4) is 0 Å². The van der Waals surface area contributed by atoms with Gasteiger partial charge in [0.2, 0.25) is 0 Å². The Morgan fingerprint density at radius 1 is 1.14 bits per heavy atom. The molecule has 3 nitrogen and oxygen atoms in total. The summed E-state index contributed by atoms with van der Waals surface area (Å²) in [5.41, 5.74) is 1.35. The van der Waals surface area contributed by atoms with Crippen molar-refractivity contribution in [3.05, 3.63) is 45.9 Å². The number of likely N-dealkylation sites (N-methyl/N-ethyl adjacent to an activating group) is 1. The molecule has 114 valence electrons. The Balaban J connectivity index is 2.18. The van der Waals surface area contributed by atoms with Gasteiger partial charge in [-0.1, -0.05) is 57.5 Å². The SMILES string of the molecule is CCNCCc1nnc(C(c2ccccc2)C(C)CC)s1. The minimum absolute atomic E-state index is 0.363. The van der Waals surface area contributed by atoms with E-state index < -0.39 is 0 Å². The van der Waals surface area contributed by atoms with E-state index in [0.717, 1.165) is 35.9 Å². The number of nitrogens with zero attached hydrogens (tertiary/aromatic N) is 2. The molecule has 0 spiro atoms. The number of benzene rings is 1. The summed E-state index contributed by atoms with van der Waals surface area (Å²) < 4.78 is 0. The van der Waals surface area contributed by atoms with Crippen LogP contribution in [0, 0.1) is 5.92 Å². The van der Waals surface area contributed by atoms with E-state index in [4.69, 9.17) is 0 Å². The molecule has 0 fully saturated rings. The van der Waals surface area contributed by atoms with Crippen molar-refractivity contribution >= 4 is 11.3 Å². The molecule has 2 atom stereocenters. The van der Waals surface area contributed by atoms with E-state index in [1.165, 1.54) is 5.56 Å². The van der Waals surface area contributed by atoms with Gasteiger partial charge in [-0.15, -0.1) is 21.5 Å². The zero-order chi connectivity index (χ0) is 15.1. The molecule has 1 aromatic heterocycles. The summed E-state index contributed by atoms with van der Waals surface area (Å²) >= 11 is 1.77. The normalized spacial score (nSPS) is 14.0. The predicted molar refractivity (Wildman–Crippen MR) is 89.9 cm³/mol. The van der Waals surface area contributed by atoms with Gasteiger partial charge in [-0.3, -0.25) is 0 Å². The first kappa shape index (κ1) is 16.1. The van der Waals surface area contributed by atoms with Gasteiger partial charge in [0.05, 0.1) is 0 Å². The molecule has 0 aliphatic rings. The first-order valence-electron chi connectivity index (χ1n) is 7.84. The predicted octanol–water partition coefficient (Wildman–Crippen LogP) is 3.87. The van der Waals surface area contributed by atoms with Crippen molar-refractivity contribution in [3.63, 3.8) is 0 Å². The largest absolute Gasteiger partial charge is 0.317 e. The van der Waals surface area contributed by atoms with Gasteiger partial charge < -0.3 is 5.32 Å². The summed E-state index contributed by atoms with van der Waals surface area (Å²) in [5, 5.41) is 14.5. The van der Waals surface area contributed by atoms with Crippen LogP contribution in [0.1, 0.15) is 48.7 Å². The Labute approximate surface area is 131 Å². The van der Waals surface area contributed by atoms with E-state index in [-0.39, 0.29) is 0 Å². The molecule has 4 heteroatoms. The molecule has 0 aliphatic carbocycles. The first-order valence-corrected chi connectivity index (χ1v) is 8.65. The molecule has 1 aromatic carbocycles. The van der Waals surface area contributed by atoms with Crippen molar-refractivity contribution < 1.29 is 0 Å². The van der Waals surface area contributed by atoms with Crippen LogP contribution >= 0.6 is 11.3 Å². The molecular formula is C17H25N3S. The molecule has 0 aliphatic heterocycles. The summed E-state index contributed by atoms with van der Waals surface area (Å²) in [5.74, 6) is 0.934. The lowest BCUT2D eigenvalue weighted by atomic mass is 9.86. The third-order valence-electron chi connectivity index (χ3n) is 3.89. The third kappa shape index (κ3) is 4.35. The van der Waals surface area contributed by atoms with E-state index in [2.05, 4.69) is 66.6 Å². The topological polar surface area (TPSA) is 37.8 Å². The Bertz CT molecular complexity index is 524. The maximum absolute atomic E-state index is 4.48.